The number of nitrogens with one attached hydrogen (secondary N) is 1. The van der Waals surface area contributed by atoms with Gasteiger partial charge in [-0.2, -0.15) is 0 Å². The Bertz CT molecular complexity index is 1010. The first kappa shape index (κ1) is 22.6. The van der Waals surface area contributed by atoms with Crippen LogP contribution in [0, 0.1) is 0 Å². The quantitative estimate of drug-likeness (QED) is 0.584. The van der Waals surface area contributed by atoms with Gasteiger partial charge in [0.05, 0.1) is 6.04 Å². The molecule has 0 spiro atoms. The van der Waals surface area contributed by atoms with E-state index in [4.69, 9.17) is 5.73 Å². The number of likely N-dealkylation sites (N-methyl/N-ethyl adjacent to an activating group) is 1. The van der Waals surface area contributed by atoms with Gasteiger partial charge in [0.15, 0.2) is 11.6 Å². The molecule has 0 saturated carbocycles. The molecule has 5 rings (SSSR count). The summed E-state index contributed by atoms with van der Waals surface area (Å²) < 4.78 is 0. The summed E-state index contributed by atoms with van der Waals surface area (Å²) in [6.45, 7) is 7.52. The Balaban J connectivity index is 1.29. The fraction of sp³-hybridized carbons (Fsp3) is 0.385. The molecule has 0 aliphatic carbocycles. The molecule has 2 fully saturated rings. The third-order valence-electron chi connectivity index (χ3n) is 6.84. The van der Waals surface area contributed by atoms with Gasteiger partial charge in [0.25, 0.3) is 0 Å². The van der Waals surface area contributed by atoms with E-state index in [1.54, 1.807) is 6.33 Å². The van der Waals surface area contributed by atoms with Crippen molar-refractivity contribution in [1.82, 2.24) is 24.8 Å². The standard InChI is InChI=1S/C26H34N8/c1-31-12-18-34(19-13-31)30-25-23(27)26(29-20-28-25)33-16-14-32(15-17-33)24(21-8-4-2-5-9-21)22-10-6-3-7-11-22/h2-11,20,24H,12-19,27H2,1H3,(H,28,29,30). The van der Waals surface area contributed by atoms with Crippen LogP contribution in [0.3, 0.4) is 0 Å². The molecule has 2 aliphatic rings. The normalized spacial score (nSPS) is 18.4. The third-order valence-corrected chi connectivity index (χ3v) is 6.84. The molecular weight excluding hydrogens is 424 g/mol. The van der Waals surface area contributed by atoms with Crippen LogP contribution < -0.4 is 16.1 Å². The predicted molar refractivity (Wildman–Crippen MR) is 138 cm³/mol. The molecule has 2 saturated heterocycles. The highest BCUT2D eigenvalue weighted by Gasteiger charge is 2.28. The van der Waals surface area contributed by atoms with Crippen molar-refractivity contribution in [1.29, 1.82) is 0 Å². The van der Waals surface area contributed by atoms with Crippen molar-refractivity contribution in [3.63, 3.8) is 0 Å². The summed E-state index contributed by atoms with van der Waals surface area (Å²) in [4.78, 5) is 16.2. The van der Waals surface area contributed by atoms with Gasteiger partial charge < -0.3 is 21.0 Å². The summed E-state index contributed by atoms with van der Waals surface area (Å²) in [6, 6.07) is 21.8. The fourth-order valence-electron chi connectivity index (χ4n) is 4.87. The first-order valence-electron chi connectivity index (χ1n) is 12.1. The molecule has 0 bridgehead atoms. The van der Waals surface area contributed by atoms with Gasteiger partial charge in [0.1, 0.15) is 12.0 Å². The number of benzene rings is 2. The van der Waals surface area contributed by atoms with Gasteiger partial charge in [-0.1, -0.05) is 60.7 Å². The van der Waals surface area contributed by atoms with Crippen molar-refractivity contribution in [2.24, 2.45) is 0 Å². The molecular formula is C26H34N8. The second-order valence-electron chi connectivity index (χ2n) is 9.11. The lowest BCUT2D eigenvalue weighted by Gasteiger charge is -2.40. The van der Waals surface area contributed by atoms with Crippen molar-refractivity contribution < 1.29 is 0 Å². The van der Waals surface area contributed by atoms with E-state index in [2.05, 4.69) is 103 Å². The third kappa shape index (κ3) is 4.99. The van der Waals surface area contributed by atoms with Gasteiger partial charge in [-0.15, -0.1) is 0 Å². The Morgan fingerprint density at radius 2 is 1.35 bits per heavy atom. The molecule has 34 heavy (non-hydrogen) atoms. The number of hydrogen-bond donors (Lipinski definition) is 2. The average Bonchev–Trinajstić information content (AvgIpc) is 2.89. The largest absolute Gasteiger partial charge is 0.393 e. The molecule has 0 radical (unpaired) electrons. The van der Waals surface area contributed by atoms with Crippen molar-refractivity contribution >= 4 is 17.3 Å². The first-order valence-corrected chi connectivity index (χ1v) is 12.1. The zero-order valence-corrected chi connectivity index (χ0v) is 19.8. The SMILES string of the molecule is CN1CCN(Nc2ncnc(N3CCN(C(c4ccccc4)c4ccccc4)CC3)c2N)CC1. The Morgan fingerprint density at radius 3 is 1.94 bits per heavy atom. The molecule has 0 amide bonds. The van der Waals surface area contributed by atoms with Gasteiger partial charge in [-0.25, -0.2) is 15.0 Å². The highest BCUT2D eigenvalue weighted by molar-refractivity contribution is 5.74. The van der Waals surface area contributed by atoms with Crippen molar-refractivity contribution in [3.05, 3.63) is 78.1 Å². The van der Waals surface area contributed by atoms with Crippen LogP contribution in [0.4, 0.5) is 17.3 Å². The lowest BCUT2D eigenvalue weighted by Crippen LogP contribution is -2.48. The minimum atomic E-state index is 0.238. The fourth-order valence-corrected chi connectivity index (χ4v) is 4.87. The number of anilines is 3. The molecule has 0 atom stereocenters. The first-order chi connectivity index (χ1) is 16.7. The summed E-state index contributed by atoms with van der Waals surface area (Å²) in [6.07, 6.45) is 1.62. The van der Waals surface area contributed by atoms with Gasteiger partial charge in [0.2, 0.25) is 0 Å². The molecule has 0 unspecified atom stereocenters. The van der Waals surface area contributed by atoms with Crippen LogP contribution in [0.15, 0.2) is 67.0 Å². The van der Waals surface area contributed by atoms with Gasteiger partial charge in [0, 0.05) is 52.4 Å². The van der Waals surface area contributed by atoms with Crippen molar-refractivity contribution in [3.8, 4) is 0 Å². The van der Waals surface area contributed by atoms with E-state index in [0.717, 1.165) is 58.2 Å². The minimum Gasteiger partial charge on any atom is -0.393 e. The highest BCUT2D eigenvalue weighted by Crippen LogP contribution is 2.32. The smallest absolute Gasteiger partial charge is 0.169 e. The van der Waals surface area contributed by atoms with Crippen LogP contribution >= 0.6 is 0 Å². The van der Waals surface area contributed by atoms with Crippen LogP contribution in [0.25, 0.3) is 0 Å². The monoisotopic (exact) mass is 458 g/mol. The maximum atomic E-state index is 6.56. The number of aromatic nitrogens is 2. The molecule has 8 nitrogen and oxygen atoms in total. The maximum Gasteiger partial charge on any atom is 0.169 e. The van der Waals surface area contributed by atoms with Crippen LogP contribution in [-0.4, -0.2) is 84.2 Å². The summed E-state index contributed by atoms with van der Waals surface area (Å²) in [5.41, 5.74) is 13.2. The molecule has 8 heteroatoms. The Labute approximate surface area is 202 Å². The van der Waals surface area contributed by atoms with Crippen LogP contribution in [0.2, 0.25) is 0 Å². The lowest BCUT2D eigenvalue weighted by molar-refractivity contribution is 0.178. The molecule has 178 valence electrons. The number of hydrazine groups is 1. The van der Waals surface area contributed by atoms with Crippen molar-refractivity contribution in [2.75, 3.05) is 75.5 Å². The Kier molecular flexibility index (Phi) is 6.89. The molecule has 3 aromatic rings. The summed E-state index contributed by atoms with van der Waals surface area (Å²) >= 11 is 0. The maximum absolute atomic E-state index is 6.56. The molecule has 2 aromatic carbocycles. The summed E-state index contributed by atoms with van der Waals surface area (Å²) in [5.74, 6) is 1.52. The van der Waals surface area contributed by atoms with E-state index >= 15 is 0 Å². The number of piperazine rings is 2. The second kappa shape index (κ2) is 10.4. The van der Waals surface area contributed by atoms with Crippen molar-refractivity contribution in [2.45, 2.75) is 6.04 Å². The highest BCUT2D eigenvalue weighted by atomic mass is 15.5. The number of nitrogens with zero attached hydrogens (tertiary/aromatic N) is 6. The zero-order valence-electron chi connectivity index (χ0n) is 19.8. The molecule has 2 aliphatic heterocycles. The average molecular weight is 459 g/mol. The Hall–Kier alpha value is -3.20. The van der Waals surface area contributed by atoms with E-state index in [1.165, 1.54) is 11.1 Å². The lowest BCUT2D eigenvalue weighted by atomic mass is 9.96. The van der Waals surface area contributed by atoms with Crippen LogP contribution in [0.5, 0.6) is 0 Å². The van der Waals surface area contributed by atoms with E-state index in [0.29, 0.717) is 11.5 Å². The summed E-state index contributed by atoms with van der Waals surface area (Å²) in [7, 11) is 2.15. The second-order valence-corrected chi connectivity index (χ2v) is 9.11. The minimum absolute atomic E-state index is 0.238. The zero-order chi connectivity index (χ0) is 23.3. The predicted octanol–water partition coefficient (Wildman–Crippen LogP) is 2.54. The van der Waals surface area contributed by atoms with E-state index in [1.807, 2.05) is 0 Å². The number of nitrogen functional groups attached to an aromatic ring is 1. The number of hydrogen-bond acceptors (Lipinski definition) is 8. The molecule has 1 aromatic heterocycles. The van der Waals surface area contributed by atoms with Crippen LogP contribution in [0.1, 0.15) is 17.2 Å². The van der Waals surface area contributed by atoms with E-state index in [-0.39, 0.29) is 6.04 Å². The van der Waals surface area contributed by atoms with Gasteiger partial charge in [-0.05, 0) is 18.2 Å². The topological polar surface area (TPSA) is 76.8 Å². The molecule has 3 N–H and O–H groups in total. The van der Waals surface area contributed by atoms with E-state index in [9.17, 15) is 0 Å². The van der Waals surface area contributed by atoms with E-state index < -0.39 is 0 Å². The van der Waals surface area contributed by atoms with Crippen LogP contribution in [-0.2, 0) is 0 Å². The number of nitrogens with two attached hydrogens (primary N) is 1. The Morgan fingerprint density at radius 1 is 0.765 bits per heavy atom. The summed E-state index contributed by atoms with van der Waals surface area (Å²) in [5, 5.41) is 2.19. The number of rotatable bonds is 6. The molecule has 3 heterocycles. The van der Waals surface area contributed by atoms with Gasteiger partial charge >= 0.3 is 0 Å². The van der Waals surface area contributed by atoms with Gasteiger partial charge in [-0.3, -0.25) is 4.90 Å².